The van der Waals surface area contributed by atoms with Gasteiger partial charge in [0.2, 0.25) is 0 Å². The van der Waals surface area contributed by atoms with Crippen LogP contribution in [0.15, 0.2) is 11.6 Å². The molecule has 4 aliphatic carbocycles. The molecule has 0 nitrogen and oxygen atoms in total. The van der Waals surface area contributed by atoms with Gasteiger partial charge in [-0.1, -0.05) is 51.7 Å². The Morgan fingerprint density at radius 2 is 1.90 bits per heavy atom. The third-order valence-corrected chi connectivity index (χ3v) is 8.63. The molecule has 118 valence electrons. The van der Waals surface area contributed by atoms with Crippen LogP contribution in [0.4, 0.5) is 0 Å². The Labute approximate surface area is 131 Å². The molecule has 0 radical (unpaired) electrons. The Bertz CT molecular complexity index is 447. The van der Waals surface area contributed by atoms with Gasteiger partial charge >= 0.3 is 0 Å². The van der Waals surface area contributed by atoms with Gasteiger partial charge in [0.05, 0.1) is 0 Å². The SMILES string of the molecule is CC[C@H]1CC[C@H]2[C@@H]3CCC4CCCC[C@]4(C)C3=CC[C@]12C. The lowest BCUT2D eigenvalue weighted by Gasteiger charge is -2.56. The van der Waals surface area contributed by atoms with Crippen LogP contribution in [0, 0.1) is 34.5 Å². The average Bonchev–Trinajstić information content (AvgIpc) is 2.83. The van der Waals surface area contributed by atoms with E-state index >= 15 is 0 Å². The molecule has 0 amide bonds. The minimum atomic E-state index is 0.590. The Hall–Kier alpha value is -0.260. The van der Waals surface area contributed by atoms with E-state index in [-0.39, 0.29) is 0 Å². The number of hydrogen-bond donors (Lipinski definition) is 0. The lowest BCUT2D eigenvalue weighted by atomic mass is 9.49. The fraction of sp³-hybridized carbons (Fsp3) is 0.905. The van der Waals surface area contributed by atoms with Crippen LogP contribution >= 0.6 is 0 Å². The summed E-state index contributed by atoms with van der Waals surface area (Å²) in [6, 6.07) is 0. The molecular formula is C21H34. The molecule has 3 fully saturated rings. The van der Waals surface area contributed by atoms with Crippen LogP contribution < -0.4 is 0 Å². The van der Waals surface area contributed by atoms with Crippen molar-refractivity contribution in [1.82, 2.24) is 0 Å². The van der Waals surface area contributed by atoms with Crippen LogP contribution in [0.25, 0.3) is 0 Å². The van der Waals surface area contributed by atoms with Gasteiger partial charge in [0.25, 0.3) is 0 Å². The van der Waals surface area contributed by atoms with Gasteiger partial charge in [-0.2, -0.15) is 0 Å². The van der Waals surface area contributed by atoms with Crippen LogP contribution in [0.5, 0.6) is 0 Å². The van der Waals surface area contributed by atoms with Gasteiger partial charge in [-0.3, -0.25) is 0 Å². The van der Waals surface area contributed by atoms with Gasteiger partial charge in [-0.15, -0.1) is 0 Å². The molecule has 21 heavy (non-hydrogen) atoms. The highest BCUT2D eigenvalue weighted by Crippen LogP contribution is 2.65. The molecule has 0 N–H and O–H groups in total. The van der Waals surface area contributed by atoms with Crippen molar-refractivity contribution in [1.29, 1.82) is 0 Å². The van der Waals surface area contributed by atoms with E-state index in [1.807, 2.05) is 5.57 Å². The van der Waals surface area contributed by atoms with Crippen LogP contribution in [-0.2, 0) is 0 Å². The van der Waals surface area contributed by atoms with E-state index in [4.69, 9.17) is 0 Å². The molecule has 0 aromatic carbocycles. The zero-order chi connectivity index (χ0) is 14.7. The highest BCUT2D eigenvalue weighted by Gasteiger charge is 2.55. The predicted molar refractivity (Wildman–Crippen MR) is 90.1 cm³/mol. The maximum Gasteiger partial charge on any atom is -0.00853 e. The van der Waals surface area contributed by atoms with Gasteiger partial charge in [-0.25, -0.2) is 0 Å². The number of fused-ring (bicyclic) bond motifs is 5. The summed E-state index contributed by atoms with van der Waals surface area (Å²) in [6.07, 6.45) is 17.6. The normalized spacial score (nSPS) is 52.6. The fourth-order valence-electron chi connectivity index (χ4n) is 7.33. The van der Waals surface area contributed by atoms with E-state index in [1.165, 1.54) is 64.2 Å². The van der Waals surface area contributed by atoms with Gasteiger partial charge in [0.1, 0.15) is 0 Å². The van der Waals surface area contributed by atoms with E-state index in [2.05, 4.69) is 26.8 Å². The maximum absolute atomic E-state index is 2.77. The summed E-state index contributed by atoms with van der Waals surface area (Å²) in [7, 11) is 0. The maximum atomic E-state index is 2.77. The summed E-state index contributed by atoms with van der Waals surface area (Å²) in [5, 5.41) is 0. The molecular weight excluding hydrogens is 252 g/mol. The molecule has 0 saturated heterocycles. The van der Waals surface area contributed by atoms with Crippen molar-refractivity contribution in [2.45, 2.75) is 85.0 Å². The zero-order valence-electron chi connectivity index (χ0n) is 14.5. The minimum absolute atomic E-state index is 0.590. The summed E-state index contributed by atoms with van der Waals surface area (Å²) in [5.74, 6) is 3.99. The first-order valence-electron chi connectivity index (χ1n) is 9.80. The quantitative estimate of drug-likeness (QED) is 0.492. The Kier molecular flexibility index (Phi) is 3.32. The summed E-state index contributed by atoms with van der Waals surface area (Å²) in [6.45, 7) is 7.71. The van der Waals surface area contributed by atoms with Crippen LogP contribution in [0.3, 0.4) is 0 Å². The lowest BCUT2D eigenvalue weighted by molar-refractivity contribution is 0.0297. The molecule has 3 saturated carbocycles. The Morgan fingerprint density at radius 3 is 2.71 bits per heavy atom. The van der Waals surface area contributed by atoms with Crippen molar-refractivity contribution in [3.63, 3.8) is 0 Å². The summed E-state index contributed by atoms with van der Waals surface area (Å²) >= 11 is 0. The molecule has 6 atom stereocenters. The highest BCUT2D eigenvalue weighted by atomic mass is 14.6. The van der Waals surface area contributed by atoms with Crippen molar-refractivity contribution >= 4 is 0 Å². The molecule has 1 unspecified atom stereocenters. The predicted octanol–water partition coefficient (Wildman–Crippen LogP) is 6.37. The van der Waals surface area contributed by atoms with Crippen LogP contribution in [0.2, 0.25) is 0 Å². The topological polar surface area (TPSA) is 0 Å². The highest BCUT2D eigenvalue weighted by molar-refractivity contribution is 5.28. The third-order valence-electron chi connectivity index (χ3n) is 8.63. The lowest BCUT2D eigenvalue weighted by Crippen LogP contribution is -2.46. The van der Waals surface area contributed by atoms with E-state index in [1.54, 1.807) is 0 Å². The summed E-state index contributed by atoms with van der Waals surface area (Å²) < 4.78 is 0. The Balaban J connectivity index is 1.70. The second kappa shape index (κ2) is 4.87. The standard InChI is InChI=1S/C21H34/c1-4-15-9-11-18-17-10-8-16-7-5-6-13-20(16,2)19(17)12-14-21(15,18)3/h12,15-18H,4-11,13-14H2,1-3H3/t15-,16?,17-,18-,20-,21+/m0/s1. The minimum Gasteiger partial charge on any atom is -0.0839 e. The van der Waals surface area contributed by atoms with Crippen molar-refractivity contribution in [3.05, 3.63) is 11.6 Å². The van der Waals surface area contributed by atoms with E-state index in [9.17, 15) is 0 Å². The van der Waals surface area contributed by atoms with Gasteiger partial charge in [-0.05, 0) is 79.4 Å². The zero-order valence-corrected chi connectivity index (χ0v) is 14.5. The van der Waals surface area contributed by atoms with E-state index < -0.39 is 0 Å². The summed E-state index contributed by atoms with van der Waals surface area (Å²) in [4.78, 5) is 0. The van der Waals surface area contributed by atoms with Crippen molar-refractivity contribution in [2.24, 2.45) is 34.5 Å². The Morgan fingerprint density at radius 1 is 1.05 bits per heavy atom. The molecule has 0 heterocycles. The first-order chi connectivity index (χ1) is 10.1. The van der Waals surface area contributed by atoms with Crippen molar-refractivity contribution in [3.8, 4) is 0 Å². The number of allylic oxidation sites excluding steroid dienone is 2. The number of rotatable bonds is 1. The molecule has 0 heteroatoms. The first-order valence-corrected chi connectivity index (χ1v) is 9.80. The van der Waals surface area contributed by atoms with E-state index in [0.717, 1.165) is 23.7 Å². The van der Waals surface area contributed by atoms with Crippen molar-refractivity contribution in [2.75, 3.05) is 0 Å². The monoisotopic (exact) mass is 286 g/mol. The van der Waals surface area contributed by atoms with Gasteiger partial charge in [0, 0.05) is 0 Å². The van der Waals surface area contributed by atoms with Crippen LogP contribution in [-0.4, -0.2) is 0 Å². The third kappa shape index (κ3) is 1.86. The molecule has 0 bridgehead atoms. The molecule has 4 aliphatic rings. The van der Waals surface area contributed by atoms with Gasteiger partial charge < -0.3 is 0 Å². The van der Waals surface area contributed by atoms with Crippen LogP contribution in [0.1, 0.15) is 85.0 Å². The smallest absolute Gasteiger partial charge is 0.00853 e. The second-order valence-corrected chi connectivity index (χ2v) is 9.20. The first kappa shape index (κ1) is 14.3. The number of hydrogen-bond acceptors (Lipinski definition) is 0. The average molecular weight is 287 g/mol. The largest absolute Gasteiger partial charge is 0.0839 e. The van der Waals surface area contributed by atoms with E-state index in [0.29, 0.717) is 10.8 Å². The molecule has 0 spiro atoms. The van der Waals surface area contributed by atoms with Crippen molar-refractivity contribution < 1.29 is 0 Å². The van der Waals surface area contributed by atoms with Gasteiger partial charge in [0.15, 0.2) is 0 Å². The molecule has 0 aromatic heterocycles. The molecule has 0 aliphatic heterocycles. The fourth-order valence-corrected chi connectivity index (χ4v) is 7.33. The second-order valence-electron chi connectivity index (χ2n) is 9.20. The molecule has 4 rings (SSSR count). The molecule has 0 aromatic rings. The summed E-state index contributed by atoms with van der Waals surface area (Å²) in [5.41, 5.74) is 3.17.